The van der Waals surface area contributed by atoms with Crippen molar-refractivity contribution in [3.63, 3.8) is 0 Å². The normalized spacial score (nSPS) is 31.6. The average Bonchev–Trinajstić information content (AvgIpc) is 2.43. The molecule has 3 atom stereocenters. The third-order valence-corrected chi connectivity index (χ3v) is 6.69. The van der Waals surface area contributed by atoms with Crippen molar-refractivity contribution in [3.05, 3.63) is 0 Å². The molecule has 4 nitrogen and oxygen atoms in total. The highest BCUT2D eigenvalue weighted by atomic mass is 32.2. The molecule has 2 aliphatic rings. The van der Waals surface area contributed by atoms with Gasteiger partial charge in [-0.3, -0.25) is 9.59 Å². The van der Waals surface area contributed by atoms with E-state index in [0.717, 1.165) is 11.5 Å². The number of piperazine rings is 1. The summed E-state index contributed by atoms with van der Waals surface area (Å²) in [4.78, 5) is 26.7. The van der Waals surface area contributed by atoms with Gasteiger partial charge in [0.1, 0.15) is 12.1 Å². The number of carbonyl (C=O) groups is 2. The minimum absolute atomic E-state index is 0.0132. The van der Waals surface area contributed by atoms with Gasteiger partial charge in [-0.1, -0.05) is 20.8 Å². The van der Waals surface area contributed by atoms with Crippen LogP contribution in [-0.4, -0.2) is 57.9 Å². The summed E-state index contributed by atoms with van der Waals surface area (Å²) in [6.07, 6.45) is 0.687. The van der Waals surface area contributed by atoms with Gasteiger partial charge in [0.05, 0.1) is 0 Å². The van der Waals surface area contributed by atoms with Gasteiger partial charge in [0, 0.05) is 29.1 Å². The second-order valence-electron chi connectivity index (χ2n) is 5.71. The number of hydrogen-bond acceptors (Lipinski definition) is 4. The van der Waals surface area contributed by atoms with E-state index in [0.29, 0.717) is 18.2 Å². The molecule has 0 aromatic carbocycles. The number of hydrogen-bond donors (Lipinski definition) is 1. The van der Waals surface area contributed by atoms with Crippen molar-refractivity contribution >= 4 is 35.3 Å². The van der Waals surface area contributed by atoms with E-state index < -0.39 is 0 Å². The highest BCUT2D eigenvalue weighted by molar-refractivity contribution is 8.06. The Labute approximate surface area is 129 Å². The van der Waals surface area contributed by atoms with Crippen LogP contribution in [0.5, 0.6) is 0 Å². The van der Waals surface area contributed by atoms with E-state index in [-0.39, 0.29) is 29.8 Å². The molecule has 0 aromatic heterocycles. The molecular formula is C14H24N2O2S2. The van der Waals surface area contributed by atoms with Crippen LogP contribution in [0.1, 0.15) is 27.2 Å². The molecule has 20 heavy (non-hydrogen) atoms. The Bertz CT molecular complexity index is 370. The lowest BCUT2D eigenvalue weighted by molar-refractivity contribution is -0.150. The zero-order valence-corrected chi connectivity index (χ0v) is 14.1. The van der Waals surface area contributed by atoms with Gasteiger partial charge in [-0.05, 0) is 12.3 Å². The monoisotopic (exact) mass is 316 g/mol. The first-order valence-corrected chi connectivity index (χ1v) is 9.55. The van der Waals surface area contributed by atoms with E-state index in [1.807, 2.05) is 49.2 Å². The zero-order valence-electron chi connectivity index (χ0n) is 12.4. The Morgan fingerprint density at radius 3 is 2.65 bits per heavy atom. The fraction of sp³-hybridized carbons (Fsp3) is 0.857. The van der Waals surface area contributed by atoms with Gasteiger partial charge >= 0.3 is 0 Å². The number of amides is 2. The minimum Gasteiger partial charge on any atom is -0.342 e. The number of carbonyl (C=O) groups excluding carboxylic acids is 2. The van der Waals surface area contributed by atoms with E-state index in [4.69, 9.17) is 0 Å². The lowest BCUT2D eigenvalue weighted by Gasteiger charge is -2.41. The molecule has 2 aliphatic heterocycles. The summed E-state index contributed by atoms with van der Waals surface area (Å²) in [5.41, 5.74) is 0. The molecule has 1 N–H and O–H groups in total. The Balaban J connectivity index is 2.11. The maximum atomic E-state index is 12.7. The number of nitrogens with one attached hydrogen (secondary N) is 1. The first-order chi connectivity index (χ1) is 9.54. The molecule has 0 aliphatic carbocycles. The quantitative estimate of drug-likeness (QED) is 0.856. The number of rotatable bonds is 4. The molecule has 3 unspecified atom stereocenters. The zero-order chi connectivity index (χ0) is 14.7. The third kappa shape index (κ3) is 3.45. The maximum Gasteiger partial charge on any atom is 0.246 e. The van der Waals surface area contributed by atoms with Crippen molar-refractivity contribution in [1.82, 2.24) is 10.2 Å². The SMILES string of the molecule is CCC1C(=O)NC(C(C)C)C(=O)N1CC1CSCCS1. The molecule has 114 valence electrons. The third-order valence-electron chi connectivity index (χ3n) is 3.86. The van der Waals surface area contributed by atoms with Crippen molar-refractivity contribution in [3.8, 4) is 0 Å². The molecule has 2 fully saturated rings. The van der Waals surface area contributed by atoms with Gasteiger partial charge in [-0.25, -0.2) is 0 Å². The molecule has 2 rings (SSSR count). The van der Waals surface area contributed by atoms with Gasteiger partial charge in [0.15, 0.2) is 0 Å². The van der Waals surface area contributed by atoms with Gasteiger partial charge in [0.25, 0.3) is 0 Å². The van der Waals surface area contributed by atoms with Crippen LogP contribution in [0.2, 0.25) is 0 Å². The Morgan fingerprint density at radius 2 is 2.10 bits per heavy atom. The Hall–Kier alpha value is -0.360. The molecule has 2 heterocycles. The lowest BCUT2D eigenvalue weighted by Crippen LogP contribution is -2.65. The van der Waals surface area contributed by atoms with Crippen molar-refractivity contribution in [2.75, 3.05) is 23.8 Å². The van der Waals surface area contributed by atoms with E-state index >= 15 is 0 Å². The van der Waals surface area contributed by atoms with Crippen LogP contribution >= 0.6 is 23.5 Å². The highest BCUT2D eigenvalue weighted by Gasteiger charge is 2.41. The summed E-state index contributed by atoms with van der Waals surface area (Å²) >= 11 is 3.89. The van der Waals surface area contributed by atoms with Crippen molar-refractivity contribution in [2.45, 2.75) is 44.5 Å². The first-order valence-electron chi connectivity index (χ1n) is 7.34. The molecule has 0 spiro atoms. The second kappa shape index (κ2) is 7.07. The molecule has 0 saturated carbocycles. The summed E-state index contributed by atoms with van der Waals surface area (Å²) in [5, 5.41) is 3.36. The fourth-order valence-corrected chi connectivity index (χ4v) is 5.39. The van der Waals surface area contributed by atoms with Crippen molar-refractivity contribution in [2.24, 2.45) is 5.92 Å². The van der Waals surface area contributed by atoms with Crippen LogP contribution in [-0.2, 0) is 9.59 Å². The summed E-state index contributed by atoms with van der Waals surface area (Å²) in [7, 11) is 0. The largest absolute Gasteiger partial charge is 0.342 e. The molecule has 6 heteroatoms. The van der Waals surface area contributed by atoms with Gasteiger partial charge in [0.2, 0.25) is 11.8 Å². The summed E-state index contributed by atoms with van der Waals surface area (Å²) < 4.78 is 0. The van der Waals surface area contributed by atoms with Crippen LogP contribution in [0.25, 0.3) is 0 Å². The number of nitrogens with zero attached hydrogens (tertiary/aromatic N) is 1. The molecule has 0 radical (unpaired) electrons. The molecular weight excluding hydrogens is 292 g/mol. The van der Waals surface area contributed by atoms with E-state index in [1.165, 1.54) is 5.75 Å². The summed E-state index contributed by atoms with van der Waals surface area (Å²) in [5.74, 6) is 3.68. The first kappa shape index (κ1) is 16.0. The Kier molecular flexibility index (Phi) is 5.66. The van der Waals surface area contributed by atoms with E-state index in [1.54, 1.807) is 0 Å². The molecule has 0 bridgehead atoms. The van der Waals surface area contributed by atoms with Gasteiger partial charge < -0.3 is 10.2 Å². The second-order valence-corrected chi connectivity index (χ2v) is 8.27. The lowest BCUT2D eigenvalue weighted by atomic mass is 9.97. The van der Waals surface area contributed by atoms with Gasteiger partial charge in [-0.15, -0.1) is 0 Å². The average molecular weight is 316 g/mol. The minimum atomic E-state index is -0.355. The van der Waals surface area contributed by atoms with Crippen LogP contribution in [0.4, 0.5) is 0 Å². The summed E-state index contributed by atoms with van der Waals surface area (Å²) in [6.45, 7) is 6.66. The van der Waals surface area contributed by atoms with Crippen LogP contribution in [0.3, 0.4) is 0 Å². The molecule has 0 aromatic rings. The molecule has 2 saturated heterocycles. The highest BCUT2D eigenvalue weighted by Crippen LogP contribution is 2.27. The smallest absolute Gasteiger partial charge is 0.246 e. The van der Waals surface area contributed by atoms with Crippen LogP contribution in [0.15, 0.2) is 0 Å². The number of thioether (sulfide) groups is 2. The maximum absolute atomic E-state index is 12.7. The van der Waals surface area contributed by atoms with Crippen LogP contribution < -0.4 is 5.32 Å². The predicted molar refractivity (Wildman–Crippen MR) is 86.1 cm³/mol. The topological polar surface area (TPSA) is 49.4 Å². The summed E-state index contributed by atoms with van der Waals surface area (Å²) in [6, 6.07) is -0.642. The van der Waals surface area contributed by atoms with Crippen molar-refractivity contribution in [1.29, 1.82) is 0 Å². The fourth-order valence-electron chi connectivity index (χ4n) is 2.72. The van der Waals surface area contributed by atoms with E-state index in [9.17, 15) is 9.59 Å². The van der Waals surface area contributed by atoms with Gasteiger partial charge in [-0.2, -0.15) is 23.5 Å². The van der Waals surface area contributed by atoms with E-state index in [2.05, 4.69) is 5.32 Å². The van der Waals surface area contributed by atoms with Crippen LogP contribution in [0, 0.1) is 5.92 Å². The molecule has 2 amide bonds. The standard InChI is InChI=1S/C14H24N2O2S2/c1-4-11-13(17)15-12(9(2)3)14(18)16(11)7-10-8-19-5-6-20-10/h9-12H,4-8H2,1-3H3,(H,15,17). The van der Waals surface area contributed by atoms with Crippen molar-refractivity contribution < 1.29 is 9.59 Å². The Morgan fingerprint density at radius 1 is 1.35 bits per heavy atom. The predicted octanol–water partition coefficient (Wildman–Crippen LogP) is 1.60.